The van der Waals surface area contributed by atoms with Gasteiger partial charge in [0.2, 0.25) is 0 Å². The van der Waals surface area contributed by atoms with Crippen molar-refractivity contribution in [3.63, 3.8) is 0 Å². The van der Waals surface area contributed by atoms with Crippen molar-refractivity contribution < 1.29 is 13.9 Å². The summed E-state index contributed by atoms with van der Waals surface area (Å²) in [7, 11) is 0. The molecule has 0 unspecified atom stereocenters. The molecule has 0 aliphatic carbocycles. The summed E-state index contributed by atoms with van der Waals surface area (Å²) in [6.45, 7) is 7.36. The largest absolute Gasteiger partial charge is 0.493 e. The number of hydrogen-bond donors (Lipinski definition) is 0. The highest BCUT2D eigenvalue weighted by molar-refractivity contribution is 5.77. The Balaban J connectivity index is 1.56. The molecule has 2 bridgehead atoms. The lowest BCUT2D eigenvalue weighted by atomic mass is 9.64. The van der Waals surface area contributed by atoms with Gasteiger partial charge in [-0.1, -0.05) is 13.8 Å². The Morgan fingerprint density at radius 3 is 2.74 bits per heavy atom. The molecule has 4 rings (SSSR count). The van der Waals surface area contributed by atoms with Gasteiger partial charge in [0.15, 0.2) is 0 Å². The van der Waals surface area contributed by atoms with Crippen LogP contribution < -0.4 is 10.4 Å². The van der Waals surface area contributed by atoms with E-state index in [4.69, 9.17) is 13.9 Å². The summed E-state index contributed by atoms with van der Waals surface area (Å²) in [6, 6.07) is 8.82. The van der Waals surface area contributed by atoms with E-state index in [-0.39, 0.29) is 16.6 Å². The van der Waals surface area contributed by atoms with Gasteiger partial charge >= 0.3 is 5.63 Å². The van der Waals surface area contributed by atoms with Crippen LogP contribution in [0.5, 0.6) is 5.75 Å². The molecule has 2 aromatic rings. The second kappa shape index (κ2) is 4.84. The van der Waals surface area contributed by atoms with Crippen LogP contribution >= 0.6 is 0 Å². The van der Waals surface area contributed by atoms with Gasteiger partial charge in [0.1, 0.15) is 11.3 Å². The summed E-state index contributed by atoms with van der Waals surface area (Å²) in [5.74, 6) is 1.08. The number of hydrogen-bond acceptors (Lipinski definition) is 4. The zero-order valence-electron chi connectivity index (χ0n) is 13.8. The third kappa shape index (κ3) is 2.27. The molecule has 0 N–H and O–H groups in total. The molecule has 2 saturated heterocycles. The molecule has 0 radical (unpaired) electrons. The predicted octanol–water partition coefficient (Wildman–Crippen LogP) is 3.77. The third-order valence-electron chi connectivity index (χ3n) is 5.79. The minimum atomic E-state index is -0.343. The maximum atomic E-state index is 11.4. The number of benzene rings is 1. The summed E-state index contributed by atoms with van der Waals surface area (Å²) in [5, 5.41) is 0.896. The molecule has 3 atom stereocenters. The number of fused-ring (bicyclic) bond motifs is 3. The maximum absolute atomic E-state index is 11.4. The zero-order valence-corrected chi connectivity index (χ0v) is 13.8. The van der Waals surface area contributed by atoms with Crippen molar-refractivity contribution in [2.45, 2.75) is 45.3 Å². The topological polar surface area (TPSA) is 48.7 Å². The summed E-state index contributed by atoms with van der Waals surface area (Å²) < 4.78 is 17.5. The van der Waals surface area contributed by atoms with E-state index >= 15 is 0 Å². The van der Waals surface area contributed by atoms with Gasteiger partial charge in [-0.15, -0.1) is 0 Å². The van der Waals surface area contributed by atoms with Crippen LogP contribution in [0.1, 0.15) is 33.6 Å². The SMILES string of the molecule is CC1(C)[C@@H]2CC[C@@](C)(O2)[C@H]1COc1ccc2ccc(=O)oc2c1. The summed E-state index contributed by atoms with van der Waals surface area (Å²) in [6.07, 6.45) is 2.57. The molecule has 0 amide bonds. The third-order valence-corrected chi connectivity index (χ3v) is 5.79. The van der Waals surface area contributed by atoms with Crippen LogP contribution in [0, 0.1) is 11.3 Å². The van der Waals surface area contributed by atoms with Crippen LogP contribution in [0.2, 0.25) is 0 Å². The van der Waals surface area contributed by atoms with Crippen molar-refractivity contribution in [1.82, 2.24) is 0 Å². The zero-order chi connectivity index (χ0) is 16.2. The minimum absolute atomic E-state index is 0.0857. The van der Waals surface area contributed by atoms with Gasteiger partial charge in [0.25, 0.3) is 0 Å². The Bertz CT molecular complexity index is 802. The average molecular weight is 314 g/mol. The number of ether oxygens (including phenoxy) is 2. The molecule has 122 valence electrons. The van der Waals surface area contributed by atoms with Gasteiger partial charge in [-0.25, -0.2) is 4.79 Å². The van der Waals surface area contributed by atoms with Crippen LogP contribution in [0.4, 0.5) is 0 Å². The summed E-state index contributed by atoms with van der Waals surface area (Å²) in [4.78, 5) is 11.4. The average Bonchev–Trinajstić information content (AvgIpc) is 2.97. The van der Waals surface area contributed by atoms with Crippen molar-refractivity contribution in [2.75, 3.05) is 6.61 Å². The van der Waals surface area contributed by atoms with Crippen LogP contribution in [0.15, 0.2) is 39.5 Å². The molecule has 4 heteroatoms. The lowest BCUT2D eigenvalue weighted by Crippen LogP contribution is -2.43. The molecular formula is C19H22O4. The van der Waals surface area contributed by atoms with Crippen LogP contribution in [0.25, 0.3) is 11.0 Å². The molecule has 1 aromatic heterocycles. The molecule has 2 aliphatic rings. The van der Waals surface area contributed by atoms with Crippen LogP contribution in [-0.2, 0) is 4.74 Å². The molecule has 0 spiro atoms. The fraction of sp³-hybridized carbons (Fsp3) is 0.526. The standard InChI is InChI=1S/C19H22O4/c1-18(2)15(19(3)9-8-16(18)23-19)11-21-13-6-4-12-5-7-17(20)22-14(12)10-13/h4-7,10,15-16H,8-9,11H2,1-3H3/t15-,16-,19+/m0/s1. The quantitative estimate of drug-likeness (QED) is 0.809. The Labute approximate surface area is 135 Å². The lowest BCUT2D eigenvalue weighted by Gasteiger charge is -2.38. The smallest absolute Gasteiger partial charge is 0.336 e. The molecular weight excluding hydrogens is 292 g/mol. The summed E-state index contributed by atoms with van der Waals surface area (Å²) in [5.41, 5.74) is 0.253. The molecule has 0 saturated carbocycles. The monoisotopic (exact) mass is 314 g/mol. The van der Waals surface area contributed by atoms with E-state index in [1.165, 1.54) is 6.07 Å². The highest BCUT2D eigenvalue weighted by Gasteiger charge is 2.61. The summed E-state index contributed by atoms with van der Waals surface area (Å²) >= 11 is 0. The van der Waals surface area contributed by atoms with Gasteiger partial charge in [0.05, 0.1) is 18.3 Å². The van der Waals surface area contributed by atoms with E-state index < -0.39 is 0 Å². The van der Waals surface area contributed by atoms with Gasteiger partial charge < -0.3 is 13.9 Å². The molecule has 4 nitrogen and oxygen atoms in total. The highest BCUT2D eigenvalue weighted by atomic mass is 16.5. The first kappa shape index (κ1) is 14.8. The first-order chi connectivity index (χ1) is 10.9. The van der Waals surface area contributed by atoms with Crippen molar-refractivity contribution in [3.05, 3.63) is 40.8 Å². The molecule has 2 aliphatic heterocycles. The van der Waals surface area contributed by atoms with E-state index in [0.29, 0.717) is 24.2 Å². The minimum Gasteiger partial charge on any atom is -0.493 e. The van der Waals surface area contributed by atoms with Gasteiger partial charge in [0, 0.05) is 23.4 Å². The second-order valence-corrected chi connectivity index (χ2v) is 7.60. The highest BCUT2D eigenvalue weighted by Crippen LogP contribution is 2.57. The second-order valence-electron chi connectivity index (χ2n) is 7.60. The Kier molecular flexibility index (Phi) is 3.11. The van der Waals surface area contributed by atoms with Crippen molar-refractivity contribution in [2.24, 2.45) is 11.3 Å². The Morgan fingerprint density at radius 2 is 2.00 bits per heavy atom. The first-order valence-corrected chi connectivity index (χ1v) is 8.23. The predicted molar refractivity (Wildman–Crippen MR) is 87.8 cm³/mol. The first-order valence-electron chi connectivity index (χ1n) is 8.23. The number of rotatable bonds is 3. The van der Waals surface area contributed by atoms with E-state index in [2.05, 4.69) is 20.8 Å². The van der Waals surface area contributed by atoms with Crippen molar-refractivity contribution >= 4 is 11.0 Å². The van der Waals surface area contributed by atoms with E-state index in [0.717, 1.165) is 24.0 Å². The van der Waals surface area contributed by atoms with Crippen molar-refractivity contribution in [3.8, 4) is 5.75 Å². The van der Waals surface area contributed by atoms with E-state index in [1.807, 2.05) is 12.1 Å². The lowest BCUT2D eigenvalue weighted by molar-refractivity contribution is -0.00274. The van der Waals surface area contributed by atoms with Crippen LogP contribution in [0.3, 0.4) is 0 Å². The van der Waals surface area contributed by atoms with Gasteiger partial charge in [-0.2, -0.15) is 0 Å². The van der Waals surface area contributed by atoms with E-state index in [9.17, 15) is 4.79 Å². The molecule has 23 heavy (non-hydrogen) atoms. The Hall–Kier alpha value is -1.81. The van der Waals surface area contributed by atoms with Gasteiger partial charge in [-0.3, -0.25) is 0 Å². The fourth-order valence-corrected chi connectivity index (χ4v) is 4.35. The van der Waals surface area contributed by atoms with Crippen molar-refractivity contribution in [1.29, 1.82) is 0 Å². The van der Waals surface area contributed by atoms with Gasteiger partial charge in [-0.05, 0) is 43.4 Å². The molecule has 2 fully saturated rings. The fourth-order valence-electron chi connectivity index (χ4n) is 4.35. The molecule has 1 aromatic carbocycles. The Morgan fingerprint density at radius 1 is 1.22 bits per heavy atom. The van der Waals surface area contributed by atoms with E-state index in [1.54, 1.807) is 12.1 Å². The molecule has 3 heterocycles. The normalized spacial score (nSPS) is 31.6. The maximum Gasteiger partial charge on any atom is 0.336 e. The van der Waals surface area contributed by atoms with Crippen LogP contribution in [-0.4, -0.2) is 18.3 Å².